The average Bonchev–Trinajstić information content (AvgIpc) is 3.22. The number of hydrogen-bond donors (Lipinski definition) is 1. The maximum Gasteiger partial charge on any atom is 0.137 e. The number of hydrogen-bond acceptors (Lipinski definition) is 5. The first-order chi connectivity index (χ1) is 10.1. The van der Waals surface area contributed by atoms with E-state index in [-0.39, 0.29) is 0 Å². The maximum atomic E-state index is 6.10. The summed E-state index contributed by atoms with van der Waals surface area (Å²) in [4.78, 5) is 14.1. The Morgan fingerprint density at radius 3 is 2.71 bits per heavy atom. The van der Waals surface area contributed by atoms with E-state index in [9.17, 15) is 0 Å². The Balaban J connectivity index is 1.78. The van der Waals surface area contributed by atoms with Crippen molar-refractivity contribution in [1.82, 2.24) is 14.9 Å². The number of nitrogen functional groups attached to an aromatic ring is 1. The van der Waals surface area contributed by atoms with E-state index >= 15 is 0 Å². The van der Waals surface area contributed by atoms with E-state index < -0.39 is 0 Å². The molecule has 3 rings (SSSR count). The first-order valence-corrected chi connectivity index (χ1v) is 8.19. The Kier molecular flexibility index (Phi) is 4.02. The maximum absolute atomic E-state index is 6.10. The Labute approximate surface area is 127 Å². The van der Waals surface area contributed by atoms with Gasteiger partial charge in [-0.2, -0.15) is 0 Å². The van der Waals surface area contributed by atoms with Gasteiger partial charge in [-0.15, -0.1) is 0 Å². The second-order valence-corrected chi connectivity index (χ2v) is 6.50. The van der Waals surface area contributed by atoms with Gasteiger partial charge in [0.1, 0.15) is 17.5 Å². The molecule has 0 amide bonds. The number of nitrogens with two attached hydrogens (primary N) is 1. The van der Waals surface area contributed by atoms with E-state index in [2.05, 4.69) is 28.8 Å². The van der Waals surface area contributed by atoms with Gasteiger partial charge in [-0.05, 0) is 45.7 Å². The molecular weight excluding hydrogens is 262 g/mol. The number of rotatable bonds is 5. The Bertz CT molecular complexity index is 512. The summed E-state index contributed by atoms with van der Waals surface area (Å²) in [5.74, 6) is 3.15. The van der Waals surface area contributed by atoms with Crippen molar-refractivity contribution in [3.63, 3.8) is 0 Å². The molecule has 2 fully saturated rings. The Morgan fingerprint density at radius 1 is 1.29 bits per heavy atom. The lowest BCUT2D eigenvalue weighted by atomic mass is 10.2. The lowest BCUT2D eigenvalue weighted by Gasteiger charge is -2.29. The van der Waals surface area contributed by atoms with E-state index in [0.29, 0.717) is 17.8 Å². The summed E-state index contributed by atoms with van der Waals surface area (Å²) in [6, 6.07) is 0.639. The van der Waals surface area contributed by atoms with Crippen molar-refractivity contribution < 1.29 is 0 Å². The van der Waals surface area contributed by atoms with Gasteiger partial charge in [0.25, 0.3) is 0 Å². The fourth-order valence-electron chi connectivity index (χ4n) is 3.36. The van der Waals surface area contributed by atoms with Crippen LogP contribution >= 0.6 is 0 Å². The van der Waals surface area contributed by atoms with E-state index in [1.807, 2.05) is 6.92 Å². The number of anilines is 2. The molecule has 1 saturated carbocycles. The van der Waals surface area contributed by atoms with Crippen LogP contribution in [0.15, 0.2) is 0 Å². The zero-order chi connectivity index (χ0) is 15.0. The predicted molar refractivity (Wildman–Crippen MR) is 86.7 cm³/mol. The van der Waals surface area contributed by atoms with Gasteiger partial charge in [0, 0.05) is 31.1 Å². The van der Waals surface area contributed by atoms with Crippen LogP contribution in [0, 0.1) is 6.92 Å². The van der Waals surface area contributed by atoms with Gasteiger partial charge in [0.2, 0.25) is 0 Å². The van der Waals surface area contributed by atoms with Gasteiger partial charge in [-0.1, -0.05) is 6.92 Å². The molecule has 5 nitrogen and oxygen atoms in total. The molecule has 5 heteroatoms. The third-order valence-electron chi connectivity index (χ3n) is 4.87. The minimum absolute atomic E-state index is 0.540. The van der Waals surface area contributed by atoms with Crippen LogP contribution in [0.2, 0.25) is 0 Å². The molecule has 2 heterocycles. The second kappa shape index (κ2) is 5.79. The summed E-state index contributed by atoms with van der Waals surface area (Å²) in [6.45, 7) is 7.67. The van der Waals surface area contributed by atoms with Crippen molar-refractivity contribution in [1.29, 1.82) is 0 Å². The summed E-state index contributed by atoms with van der Waals surface area (Å²) in [7, 11) is 2.14. The summed E-state index contributed by atoms with van der Waals surface area (Å²) in [6.07, 6.45) is 5.01. The lowest BCUT2D eigenvalue weighted by molar-refractivity contribution is 0.270. The van der Waals surface area contributed by atoms with Crippen molar-refractivity contribution in [3.05, 3.63) is 11.4 Å². The third kappa shape index (κ3) is 2.98. The molecule has 0 aromatic carbocycles. The highest BCUT2D eigenvalue weighted by atomic mass is 15.3. The highest BCUT2D eigenvalue weighted by Crippen LogP contribution is 2.39. The molecule has 2 aliphatic rings. The highest BCUT2D eigenvalue weighted by molar-refractivity contribution is 5.56. The van der Waals surface area contributed by atoms with Crippen LogP contribution in [-0.4, -0.2) is 47.6 Å². The number of likely N-dealkylation sites (tertiary alicyclic amines) is 1. The largest absolute Gasteiger partial charge is 0.383 e. The number of likely N-dealkylation sites (N-methyl/N-ethyl adjacent to an activating group) is 2. The van der Waals surface area contributed by atoms with Crippen LogP contribution in [-0.2, 0) is 0 Å². The molecule has 0 radical (unpaired) electrons. The van der Waals surface area contributed by atoms with Crippen LogP contribution in [0.5, 0.6) is 0 Å². The molecule has 1 aromatic rings. The fourth-order valence-corrected chi connectivity index (χ4v) is 3.36. The highest BCUT2D eigenvalue weighted by Gasteiger charge is 2.29. The Morgan fingerprint density at radius 2 is 2.05 bits per heavy atom. The predicted octanol–water partition coefficient (Wildman–Crippen LogP) is 2.17. The summed E-state index contributed by atoms with van der Waals surface area (Å²) >= 11 is 0. The van der Waals surface area contributed by atoms with Crippen molar-refractivity contribution in [2.24, 2.45) is 0 Å². The molecule has 1 saturated heterocycles. The van der Waals surface area contributed by atoms with Gasteiger partial charge >= 0.3 is 0 Å². The third-order valence-corrected chi connectivity index (χ3v) is 4.87. The summed E-state index contributed by atoms with van der Waals surface area (Å²) in [5, 5.41) is 0. The smallest absolute Gasteiger partial charge is 0.137 e. The minimum Gasteiger partial charge on any atom is -0.383 e. The minimum atomic E-state index is 0.540. The SMILES string of the molecule is CCN1CCCC1CN(C)c1nc(C2CC2)nc(N)c1C. The van der Waals surface area contributed by atoms with Gasteiger partial charge in [-0.25, -0.2) is 9.97 Å². The molecular formula is C16H27N5. The van der Waals surface area contributed by atoms with E-state index in [1.54, 1.807) is 0 Å². The molecule has 1 aliphatic carbocycles. The zero-order valence-corrected chi connectivity index (χ0v) is 13.5. The van der Waals surface area contributed by atoms with Crippen molar-refractivity contribution >= 4 is 11.6 Å². The topological polar surface area (TPSA) is 58.3 Å². The van der Waals surface area contributed by atoms with Crippen molar-refractivity contribution in [2.75, 3.05) is 37.3 Å². The quantitative estimate of drug-likeness (QED) is 0.900. The average molecular weight is 289 g/mol. The molecule has 1 aliphatic heterocycles. The van der Waals surface area contributed by atoms with Crippen LogP contribution in [0.25, 0.3) is 0 Å². The number of aromatic nitrogens is 2. The standard InChI is InChI=1S/C16H27N5/c1-4-21-9-5-6-13(21)10-20(3)16-11(2)14(17)18-15(19-16)12-7-8-12/h12-13H,4-10H2,1-3H3,(H2,17,18,19). The van der Waals surface area contributed by atoms with E-state index in [0.717, 1.165) is 30.3 Å². The van der Waals surface area contributed by atoms with Crippen LogP contribution < -0.4 is 10.6 Å². The van der Waals surface area contributed by atoms with E-state index in [4.69, 9.17) is 10.7 Å². The van der Waals surface area contributed by atoms with Gasteiger partial charge in [0.05, 0.1) is 0 Å². The van der Waals surface area contributed by atoms with Gasteiger partial charge < -0.3 is 10.6 Å². The molecule has 2 N–H and O–H groups in total. The van der Waals surface area contributed by atoms with Gasteiger partial charge in [0.15, 0.2) is 0 Å². The molecule has 116 valence electrons. The molecule has 21 heavy (non-hydrogen) atoms. The lowest BCUT2D eigenvalue weighted by Crippen LogP contribution is -2.39. The molecule has 1 aromatic heterocycles. The van der Waals surface area contributed by atoms with Crippen molar-refractivity contribution in [3.8, 4) is 0 Å². The summed E-state index contributed by atoms with van der Waals surface area (Å²) < 4.78 is 0. The van der Waals surface area contributed by atoms with E-state index in [1.165, 1.54) is 32.2 Å². The monoisotopic (exact) mass is 289 g/mol. The first-order valence-electron chi connectivity index (χ1n) is 8.19. The van der Waals surface area contributed by atoms with Gasteiger partial charge in [-0.3, -0.25) is 4.90 Å². The number of nitrogens with zero attached hydrogens (tertiary/aromatic N) is 4. The van der Waals surface area contributed by atoms with Crippen molar-refractivity contribution in [2.45, 2.75) is 51.5 Å². The molecule has 0 bridgehead atoms. The zero-order valence-electron chi connectivity index (χ0n) is 13.5. The first kappa shape index (κ1) is 14.6. The molecule has 1 atom stereocenters. The van der Waals surface area contributed by atoms with Crippen LogP contribution in [0.4, 0.5) is 11.6 Å². The molecule has 0 spiro atoms. The molecule has 1 unspecified atom stereocenters. The summed E-state index contributed by atoms with van der Waals surface area (Å²) in [5.41, 5.74) is 7.11. The van der Waals surface area contributed by atoms with Crippen LogP contribution in [0.3, 0.4) is 0 Å². The Hall–Kier alpha value is -1.36. The fraction of sp³-hybridized carbons (Fsp3) is 0.750. The second-order valence-electron chi connectivity index (χ2n) is 6.50. The van der Waals surface area contributed by atoms with Crippen LogP contribution in [0.1, 0.15) is 49.9 Å². The normalized spacial score (nSPS) is 22.7.